The van der Waals surface area contributed by atoms with Crippen LogP contribution in [0.4, 0.5) is 0 Å². The summed E-state index contributed by atoms with van der Waals surface area (Å²) in [5, 5.41) is 92.3. The SMILES string of the molecule is COc1cc2c(c(OC3OC(CO)C(O)C(O)C3O)c1)C=C(OC1OC(CO)C(O)C(O)C1O)C(c1cc(OC)c(O)c(OC)c1)O2. The molecule has 0 bridgehead atoms. The van der Waals surface area contributed by atoms with Gasteiger partial charge in [-0.1, -0.05) is 0 Å². The molecule has 2 aromatic carbocycles. The summed E-state index contributed by atoms with van der Waals surface area (Å²) in [6, 6.07) is 5.77. The third kappa shape index (κ3) is 6.59. The lowest BCUT2D eigenvalue weighted by Gasteiger charge is -2.41. The van der Waals surface area contributed by atoms with Gasteiger partial charge in [-0.05, 0) is 18.2 Å². The summed E-state index contributed by atoms with van der Waals surface area (Å²) in [5.41, 5.74) is 0.466. The fourth-order valence-electron chi connectivity index (χ4n) is 5.42. The first-order valence-electron chi connectivity index (χ1n) is 14.5. The third-order valence-electron chi connectivity index (χ3n) is 8.10. The first kappa shape index (κ1) is 34.7. The summed E-state index contributed by atoms with van der Waals surface area (Å²) in [5.74, 6) is -0.0576. The molecule has 3 aliphatic rings. The van der Waals surface area contributed by atoms with Crippen molar-refractivity contribution in [1.29, 1.82) is 0 Å². The summed E-state index contributed by atoms with van der Waals surface area (Å²) in [4.78, 5) is 0. The maximum Gasteiger partial charge on any atom is 0.229 e. The Labute approximate surface area is 267 Å². The van der Waals surface area contributed by atoms with Gasteiger partial charge in [0.15, 0.2) is 17.6 Å². The van der Waals surface area contributed by atoms with Crippen LogP contribution in [-0.2, 0) is 14.2 Å². The Balaban J connectivity index is 1.61. The highest BCUT2D eigenvalue weighted by atomic mass is 16.7. The van der Waals surface area contributed by atoms with E-state index in [1.54, 1.807) is 0 Å². The van der Waals surface area contributed by atoms with Gasteiger partial charge in [0, 0.05) is 17.7 Å². The number of fused-ring (bicyclic) bond motifs is 1. The van der Waals surface area contributed by atoms with Crippen LogP contribution in [0.2, 0.25) is 0 Å². The lowest BCUT2D eigenvalue weighted by Crippen LogP contribution is -2.60. The lowest BCUT2D eigenvalue weighted by atomic mass is 9.98. The monoisotopic (exact) mass is 670 g/mol. The van der Waals surface area contributed by atoms with Gasteiger partial charge in [-0.15, -0.1) is 0 Å². The highest BCUT2D eigenvalue weighted by Crippen LogP contribution is 2.48. The van der Waals surface area contributed by atoms with Crippen molar-refractivity contribution in [3.8, 4) is 34.5 Å². The average molecular weight is 671 g/mol. The van der Waals surface area contributed by atoms with Crippen molar-refractivity contribution in [3.05, 3.63) is 41.2 Å². The Morgan fingerprint density at radius 1 is 0.638 bits per heavy atom. The van der Waals surface area contributed by atoms with E-state index in [1.165, 1.54) is 51.7 Å². The number of hydrogen-bond acceptors (Lipinski definition) is 17. The van der Waals surface area contributed by atoms with E-state index >= 15 is 0 Å². The van der Waals surface area contributed by atoms with Crippen LogP contribution in [0.15, 0.2) is 30.0 Å². The molecule has 3 aliphatic heterocycles. The van der Waals surface area contributed by atoms with Gasteiger partial charge < -0.3 is 83.9 Å². The Kier molecular flexibility index (Phi) is 10.5. The zero-order chi connectivity index (χ0) is 34.2. The van der Waals surface area contributed by atoms with Crippen LogP contribution in [0.3, 0.4) is 0 Å². The van der Waals surface area contributed by atoms with Gasteiger partial charge in [0.2, 0.25) is 18.3 Å². The largest absolute Gasteiger partial charge is 0.502 e. The summed E-state index contributed by atoms with van der Waals surface area (Å²) >= 11 is 0. The van der Waals surface area contributed by atoms with Crippen molar-refractivity contribution in [1.82, 2.24) is 0 Å². The first-order valence-corrected chi connectivity index (χ1v) is 14.5. The maximum atomic E-state index is 10.7. The zero-order valence-corrected chi connectivity index (χ0v) is 25.4. The number of methoxy groups -OCH3 is 3. The fourth-order valence-corrected chi connectivity index (χ4v) is 5.42. The Bertz CT molecular complexity index is 1400. The second-order valence-corrected chi connectivity index (χ2v) is 11.0. The summed E-state index contributed by atoms with van der Waals surface area (Å²) in [6.45, 7) is -1.40. The van der Waals surface area contributed by atoms with Gasteiger partial charge in [-0.25, -0.2) is 0 Å². The van der Waals surface area contributed by atoms with Gasteiger partial charge in [-0.2, -0.15) is 0 Å². The Morgan fingerprint density at radius 3 is 1.66 bits per heavy atom. The fraction of sp³-hybridized carbons (Fsp3) is 0.533. The second kappa shape index (κ2) is 14.2. The van der Waals surface area contributed by atoms with Crippen LogP contribution < -0.4 is 23.7 Å². The smallest absolute Gasteiger partial charge is 0.229 e. The summed E-state index contributed by atoms with van der Waals surface area (Å²) < 4.78 is 45.4. The molecule has 0 spiro atoms. The van der Waals surface area contributed by atoms with Gasteiger partial charge in [0.25, 0.3) is 0 Å². The van der Waals surface area contributed by atoms with Crippen molar-refractivity contribution >= 4 is 6.08 Å². The molecule has 11 atom stereocenters. The predicted octanol–water partition coefficient (Wildman–Crippen LogP) is -2.11. The van der Waals surface area contributed by atoms with Crippen molar-refractivity contribution in [2.24, 2.45) is 0 Å². The van der Waals surface area contributed by atoms with E-state index in [9.17, 15) is 46.0 Å². The maximum absolute atomic E-state index is 10.7. The minimum Gasteiger partial charge on any atom is -0.502 e. The molecular weight excluding hydrogens is 632 g/mol. The zero-order valence-electron chi connectivity index (χ0n) is 25.4. The van der Waals surface area contributed by atoms with Crippen LogP contribution in [0.1, 0.15) is 17.2 Å². The number of phenols is 1. The number of benzene rings is 2. The Hall–Kier alpha value is -3.62. The van der Waals surface area contributed by atoms with Crippen LogP contribution in [-0.4, -0.2) is 142 Å². The molecule has 17 heteroatoms. The molecule has 0 aromatic heterocycles. The molecule has 260 valence electrons. The molecule has 5 rings (SSSR count). The molecule has 11 unspecified atom stereocenters. The molecule has 0 saturated carbocycles. The van der Waals surface area contributed by atoms with Crippen LogP contribution in [0, 0.1) is 0 Å². The first-order chi connectivity index (χ1) is 22.4. The minimum absolute atomic E-state index is 0.0122. The van der Waals surface area contributed by atoms with Crippen LogP contribution in [0.5, 0.6) is 34.5 Å². The van der Waals surface area contributed by atoms with Gasteiger partial charge in [0.1, 0.15) is 71.8 Å². The van der Waals surface area contributed by atoms with Gasteiger partial charge in [-0.3, -0.25) is 0 Å². The van der Waals surface area contributed by atoms with E-state index in [-0.39, 0.29) is 45.8 Å². The van der Waals surface area contributed by atoms with E-state index in [0.29, 0.717) is 5.56 Å². The minimum atomic E-state index is -1.79. The molecule has 2 aromatic rings. The molecule has 47 heavy (non-hydrogen) atoms. The standard InChI is InChI=1S/C30H38O17/c1-40-12-6-14-13(15(7-12)44-29-26(38)24(36)22(34)19(9-31)46-29)8-18(45-30-27(39)25(37)23(35)20(10-32)47-30)28(43-14)11-4-16(41-2)21(33)17(5-11)42-3/h4-8,19-20,22-39H,9-10H2,1-3H3. The van der Waals surface area contributed by atoms with E-state index in [2.05, 4.69) is 0 Å². The van der Waals surface area contributed by atoms with E-state index in [0.717, 1.165) is 0 Å². The molecule has 0 amide bonds. The molecule has 0 radical (unpaired) electrons. The van der Waals surface area contributed by atoms with Crippen molar-refractivity contribution in [2.45, 2.75) is 67.5 Å². The molecule has 0 aliphatic carbocycles. The molecule has 3 heterocycles. The molecule has 17 nitrogen and oxygen atoms in total. The quantitative estimate of drug-likeness (QED) is 0.131. The lowest BCUT2D eigenvalue weighted by molar-refractivity contribution is -0.293. The predicted molar refractivity (Wildman–Crippen MR) is 155 cm³/mol. The van der Waals surface area contributed by atoms with Crippen molar-refractivity contribution in [3.63, 3.8) is 0 Å². The topological polar surface area (TPSA) is 256 Å². The van der Waals surface area contributed by atoms with E-state index < -0.39 is 80.7 Å². The Morgan fingerprint density at radius 2 is 1.17 bits per heavy atom. The molecular formula is C30H38O17. The highest BCUT2D eigenvalue weighted by Gasteiger charge is 2.47. The third-order valence-corrected chi connectivity index (χ3v) is 8.10. The molecule has 2 fully saturated rings. The number of rotatable bonds is 10. The van der Waals surface area contributed by atoms with Crippen LogP contribution in [0.25, 0.3) is 6.08 Å². The number of aliphatic hydroxyl groups is 8. The molecule has 2 saturated heterocycles. The highest BCUT2D eigenvalue weighted by molar-refractivity contribution is 5.70. The number of aliphatic hydroxyl groups excluding tert-OH is 8. The average Bonchev–Trinajstić information content (AvgIpc) is 3.08. The van der Waals surface area contributed by atoms with Crippen LogP contribution >= 0.6 is 0 Å². The number of aromatic hydroxyl groups is 1. The van der Waals surface area contributed by atoms with E-state index in [4.69, 9.17) is 37.9 Å². The number of hydrogen-bond donors (Lipinski definition) is 9. The second-order valence-electron chi connectivity index (χ2n) is 11.0. The summed E-state index contributed by atoms with van der Waals surface area (Å²) in [7, 11) is 4.02. The van der Waals surface area contributed by atoms with Gasteiger partial charge >= 0.3 is 0 Å². The van der Waals surface area contributed by atoms with Gasteiger partial charge in [0.05, 0.1) is 40.1 Å². The molecule has 9 N–H and O–H groups in total. The number of ether oxygens (including phenoxy) is 8. The van der Waals surface area contributed by atoms with E-state index in [1.807, 2.05) is 0 Å². The number of phenolic OH excluding ortho intramolecular Hbond substituents is 1. The van der Waals surface area contributed by atoms with Crippen molar-refractivity contribution < 1.29 is 83.9 Å². The summed E-state index contributed by atoms with van der Waals surface area (Å²) in [6.07, 6.45) is -15.9. The normalized spacial score (nSPS) is 33.6. The van der Waals surface area contributed by atoms with Crippen molar-refractivity contribution in [2.75, 3.05) is 34.5 Å².